The minimum Gasteiger partial charge on any atom is -0.399 e. The summed E-state index contributed by atoms with van der Waals surface area (Å²) in [6, 6.07) is 5.10. The second-order valence-corrected chi connectivity index (χ2v) is 10.6. The van der Waals surface area contributed by atoms with Crippen molar-refractivity contribution in [1.29, 1.82) is 0 Å². The molecule has 10 heteroatoms. The highest BCUT2D eigenvalue weighted by atomic mass is 19.4. The van der Waals surface area contributed by atoms with E-state index >= 15 is 0 Å². The molecule has 0 fully saturated rings. The van der Waals surface area contributed by atoms with Crippen molar-refractivity contribution >= 4 is 11.9 Å². The van der Waals surface area contributed by atoms with Crippen LogP contribution >= 0.6 is 0 Å². The SMILES string of the molecule is C=C(N)/C(C)=C\N=C(N)n1cc(C(=O)NCC(CC(C)C)c2ccc(C(F)(F)F)cc2)c(C(C)(C)C)n1. The molecule has 0 aliphatic carbocycles. The number of carbonyl (C=O) groups excluding carboxylic acids is 1. The van der Waals surface area contributed by atoms with Crippen LogP contribution in [0.3, 0.4) is 0 Å². The van der Waals surface area contributed by atoms with Gasteiger partial charge in [0.05, 0.1) is 16.8 Å². The number of aromatic nitrogens is 2. The number of nitrogens with two attached hydrogens (primary N) is 2. The van der Waals surface area contributed by atoms with E-state index in [9.17, 15) is 18.0 Å². The summed E-state index contributed by atoms with van der Waals surface area (Å²) in [5, 5.41) is 7.44. The molecule has 0 saturated heterocycles. The molecule has 0 aliphatic heterocycles. The maximum absolute atomic E-state index is 13.3. The molecule has 2 rings (SSSR count). The van der Waals surface area contributed by atoms with Gasteiger partial charge in [0.15, 0.2) is 0 Å². The topological polar surface area (TPSA) is 111 Å². The van der Waals surface area contributed by atoms with Gasteiger partial charge in [0.25, 0.3) is 5.91 Å². The normalized spacial score (nSPS) is 14.1. The molecule has 1 unspecified atom stereocenters. The van der Waals surface area contributed by atoms with Crippen LogP contribution in [0, 0.1) is 5.92 Å². The van der Waals surface area contributed by atoms with Crippen LogP contribution in [0.25, 0.3) is 0 Å². The fraction of sp³-hybridized carbons (Fsp3) is 0.444. The van der Waals surface area contributed by atoms with Crippen LogP contribution in [-0.2, 0) is 11.6 Å². The van der Waals surface area contributed by atoms with Crippen molar-refractivity contribution in [1.82, 2.24) is 15.1 Å². The Hall–Kier alpha value is -3.56. The number of carbonyl (C=O) groups is 1. The van der Waals surface area contributed by atoms with Crippen molar-refractivity contribution in [2.75, 3.05) is 6.54 Å². The average molecular weight is 519 g/mol. The average Bonchev–Trinajstić information content (AvgIpc) is 3.25. The molecule has 7 nitrogen and oxygen atoms in total. The van der Waals surface area contributed by atoms with Crippen molar-refractivity contribution < 1.29 is 18.0 Å². The van der Waals surface area contributed by atoms with Crippen molar-refractivity contribution in [3.05, 3.63) is 76.9 Å². The molecule has 1 amide bonds. The Kier molecular flexibility index (Phi) is 9.35. The lowest BCUT2D eigenvalue weighted by molar-refractivity contribution is -0.137. The molecule has 1 aromatic heterocycles. The Bertz CT molecular complexity index is 1170. The number of alkyl halides is 3. The fourth-order valence-electron chi connectivity index (χ4n) is 3.68. The van der Waals surface area contributed by atoms with Crippen molar-refractivity contribution in [2.24, 2.45) is 22.4 Å². The number of benzene rings is 1. The van der Waals surface area contributed by atoms with E-state index in [2.05, 4.69) is 22.0 Å². The first-order chi connectivity index (χ1) is 17.0. The van der Waals surface area contributed by atoms with E-state index in [1.54, 1.807) is 6.92 Å². The number of hydrogen-bond acceptors (Lipinski definition) is 4. The lowest BCUT2D eigenvalue weighted by Crippen LogP contribution is -2.30. The molecule has 1 aromatic carbocycles. The van der Waals surface area contributed by atoms with E-state index in [1.807, 2.05) is 34.6 Å². The summed E-state index contributed by atoms with van der Waals surface area (Å²) in [6.07, 6.45) is -0.725. The summed E-state index contributed by atoms with van der Waals surface area (Å²) < 4.78 is 40.3. The number of rotatable bonds is 8. The van der Waals surface area contributed by atoms with Gasteiger partial charge in [-0.05, 0) is 42.5 Å². The van der Waals surface area contributed by atoms with E-state index in [4.69, 9.17) is 11.5 Å². The third kappa shape index (κ3) is 8.23. The third-order valence-electron chi connectivity index (χ3n) is 5.78. The first-order valence-corrected chi connectivity index (χ1v) is 12.0. The molecule has 1 atom stereocenters. The number of nitrogens with zero attached hydrogens (tertiary/aromatic N) is 3. The van der Waals surface area contributed by atoms with Gasteiger partial charge in [-0.15, -0.1) is 0 Å². The lowest BCUT2D eigenvalue weighted by Gasteiger charge is -2.21. The van der Waals surface area contributed by atoms with Crippen LogP contribution < -0.4 is 16.8 Å². The van der Waals surface area contributed by atoms with E-state index in [0.717, 1.165) is 17.7 Å². The Morgan fingerprint density at radius 1 is 1.19 bits per heavy atom. The van der Waals surface area contributed by atoms with Crippen molar-refractivity contribution in [3.8, 4) is 0 Å². The van der Waals surface area contributed by atoms with Crippen LogP contribution in [-0.4, -0.2) is 28.2 Å². The molecule has 0 saturated carbocycles. The minimum absolute atomic E-state index is 0.0487. The molecule has 202 valence electrons. The van der Waals surface area contributed by atoms with Gasteiger partial charge in [0.2, 0.25) is 5.96 Å². The number of allylic oxidation sites excluding steroid dienone is 1. The van der Waals surface area contributed by atoms with Crippen LogP contribution in [0.15, 0.2) is 59.5 Å². The Morgan fingerprint density at radius 3 is 2.27 bits per heavy atom. The maximum atomic E-state index is 13.3. The van der Waals surface area contributed by atoms with Gasteiger partial charge in [-0.3, -0.25) is 4.79 Å². The highest BCUT2D eigenvalue weighted by Gasteiger charge is 2.31. The summed E-state index contributed by atoms with van der Waals surface area (Å²) >= 11 is 0. The van der Waals surface area contributed by atoms with E-state index in [1.165, 1.54) is 29.2 Å². The Balaban J connectivity index is 2.32. The second-order valence-electron chi connectivity index (χ2n) is 10.6. The standard InChI is InChI=1S/C27H37F3N6O/c1-16(2)12-20(19-8-10-21(11-9-19)27(28,29)30)14-33-24(37)22-15-36(35-23(22)26(5,6)7)25(32)34-13-17(3)18(4)31/h8-11,13,15-16,20H,4,12,14,31H2,1-3,5-7H3,(H2,32,34)(H,33,37)/b17-13-. The number of hydrogen-bond donors (Lipinski definition) is 3. The van der Waals surface area contributed by atoms with Crippen LogP contribution in [0.5, 0.6) is 0 Å². The molecule has 0 radical (unpaired) electrons. The van der Waals surface area contributed by atoms with E-state index in [-0.39, 0.29) is 30.2 Å². The minimum atomic E-state index is -4.40. The number of nitrogens with one attached hydrogen (secondary N) is 1. The predicted octanol–water partition coefficient (Wildman–Crippen LogP) is 5.30. The van der Waals surface area contributed by atoms with E-state index < -0.39 is 17.2 Å². The molecule has 37 heavy (non-hydrogen) atoms. The third-order valence-corrected chi connectivity index (χ3v) is 5.78. The summed E-state index contributed by atoms with van der Waals surface area (Å²) in [5.41, 5.74) is 13.2. The second kappa shape index (κ2) is 11.7. The Labute approximate surface area is 216 Å². The fourth-order valence-corrected chi connectivity index (χ4v) is 3.68. The summed E-state index contributed by atoms with van der Waals surface area (Å²) in [4.78, 5) is 17.4. The highest BCUT2D eigenvalue weighted by molar-refractivity contribution is 5.96. The Morgan fingerprint density at radius 2 is 1.78 bits per heavy atom. The van der Waals surface area contributed by atoms with Gasteiger partial charge in [0.1, 0.15) is 0 Å². The monoisotopic (exact) mass is 518 g/mol. The van der Waals surface area contributed by atoms with Gasteiger partial charge in [-0.25, -0.2) is 9.67 Å². The van der Waals surface area contributed by atoms with Crippen LogP contribution in [0.4, 0.5) is 13.2 Å². The first-order valence-electron chi connectivity index (χ1n) is 12.0. The van der Waals surface area contributed by atoms with Gasteiger partial charge in [-0.2, -0.15) is 18.3 Å². The zero-order valence-electron chi connectivity index (χ0n) is 22.3. The van der Waals surface area contributed by atoms with Crippen LogP contribution in [0.2, 0.25) is 0 Å². The van der Waals surface area contributed by atoms with Crippen LogP contribution in [0.1, 0.15) is 81.1 Å². The highest BCUT2D eigenvalue weighted by Crippen LogP contribution is 2.31. The lowest BCUT2D eigenvalue weighted by atomic mass is 9.88. The zero-order chi connectivity index (χ0) is 28.1. The molecule has 5 N–H and O–H groups in total. The molecular formula is C27H37F3N6O. The molecule has 0 spiro atoms. The smallest absolute Gasteiger partial charge is 0.399 e. The predicted molar refractivity (Wildman–Crippen MR) is 141 cm³/mol. The number of amides is 1. The van der Waals surface area contributed by atoms with Gasteiger partial charge < -0.3 is 16.8 Å². The first kappa shape index (κ1) is 29.7. The summed E-state index contributed by atoms with van der Waals surface area (Å²) in [7, 11) is 0. The van der Waals surface area contributed by atoms with Crippen molar-refractivity contribution in [2.45, 2.75) is 65.5 Å². The van der Waals surface area contributed by atoms with Crippen molar-refractivity contribution in [3.63, 3.8) is 0 Å². The molecule has 1 heterocycles. The largest absolute Gasteiger partial charge is 0.416 e. The van der Waals surface area contributed by atoms with Gasteiger partial charge in [0, 0.05) is 36.0 Å². The zero-order valence-corrected chi connectivity index (χ0v) is 22.3. The van der Waals surface area contributed by atoms with E-state index in [0.29, 0.717) is 28.9 Å². The quantitative estimate of drug-likeness (QED) is 0.250. The molecular weight excluding hydrogens is 481 g/mol. The number of halogens is 3. The maximum Gasteiger partial charge on any atom is 0.416 e. The summed E-state index contributed by atoms with van der Waals surface area (Å²) in [5.74, 6) is -0.197. The van der Waals surface area contributed by atoms with Gasteiger partial charge >= 0.3 is 6.18 Å². The molecule has 0 aliphatic rings. The molecule has 2 aromatic rings. The van der Waals surface area contributed by atoms with Gasteiger partial charge in [-0.1, -0.05) is 53.3 Å². The summed E-state index contributed by atoms with van der Waals surface area (Å²) in [6.45, 7) is 15.5. The number of aliphatic imine (C=N–C) groups is 1. The molecule has 0 bridgehead atoms.